The highest BCUT2D eigenvalue weighted by Crippen LogP contribution is 2.38. The van der Waals surface area contributed by atoms with Gasteiger partial charge in [0.15, 0.2) is 0 Å². The fraction of sp³-hybridized carbons (Fsp3) is 0. The Morgan fingerprint density at radius 3 is 1.27 bits per heavy atom. The molecule has 8 aromatic carbocycles. The second kappa shape index (κ2) is 13.8. The summed E-state index contributed by atoms with van der Waals surface area (Å²) in [5.41, 5.74) is 9.31. The van der Waals surface area contributed by atoms with E-state index in [1.54, 1.807) is 24.3 Å². The van der Waals surface area contributed by atoms with Crippen LogP contribution in [0.1, 0.15) is 13.7 Å². The molecule has 246 valence electrons. The third-order valence-corrected chi connectivity index (χ3v) is 9.08. The van der Waals surface area contributed by atoms with Gasteiger partial charge in [-0.1, -0.05) is 157 Å². The minimum atomic E-state index is -0.456. The van der Waals surface area contributed by atoms with Gasteiger partial charge in [0, 0.05) is 28.0 Å². The second-order valence-corrected chi connectivity index (χ2v) is 12.3. The van der Waals surface area contributed by atoms with E-state index in [0.29, 0.717) is 22.5 Å². The molecule has 1 heterocycles. The molecule has 0 aliphatic carbocycles. The van der Waals surface area contributed by atoms with E-state index in [4.69, 9.17) is 18.1 Å². The molecule has 0 aliphatic rings. The van der Waals surface area contributed by atoms with Crippen LogP contribution in [0.3, 0.4) is 0 Å². The molecule has 0 bridgehead atoms. The molecular weight excluding hydrogens is 631 g/mol. The minimum absolute atomic E-state index is 0.103. The average Bonchev–Trinajstić information content (AvgIpc) is 3.75. The lowest BCUT2D eigenvalue weighted by Gasteiger charge is -2.26. The standard InChI is InChI=1S/C50H35NO/c1-3-10-36(11-4-1)39-22-28-46(29-23-39)51(47-30-24-40(25-31-47)37-12-5-2-6-13-37)48-32-26-41(27-33-48)38-18-20-42(21-19-38)43-15-9-16-44(34-43)50-35-45-14-7-8-17-49(45)52-50/h1-35H/i1D,2D,3D,4D,5D,6D,10D,11D,12D,13D. The van der Waals surface area contributed by atoms with Gasteiger partial charge in [-0.3, -0.25) is 0 Å². The maximum absolute atomic E-state index is 8.50. The number of hydrogen-bond donors (Lipinski definition) is 0. The zero-order valence-corrected chi connectivity index (χ0v) is 27.8. The molecule has 2 heteroatoms. The molecule has 0 fully saturated rings. The van der Waals surface area contributed by atoms with Gasteiger partial charge in [-0.25, -0.2) is 0 Å². The summed E-state index contributed by atoms with van der Waals surface area (Å²) in [5, 5.41) is 1.06. The van der Waals surface area contributed by atoms with E-state index in [2.05, 4.69) is 42.5 Å². The van der Waals surface area contributed by atoms with E-state index in [0.717, 1.165) is 50.2 Å². The molecule has 1 aromatic heterocycles. The van der Waals surface area contributed by atoms with Gasteiger partial charge < -0.3 is 9.32 Å². The molecule has 0 atom stereocenters. The Labute approximate surface area is 318 Å². The molecule has 0 aliphatic heterocycles. The van der Waals surface area contributed by atoms with Crippen LogP contribution in [-0.2, 0) is 0 Å². The Morgan fingerprint density at radius 1 is 0.346 bits per heavy atom. The molecule has 0 saturated carbocycles. The number of rotatable bonds is 8. The lowest BCUT2D eigenvalue weighted by molar-refractivity contribution is 0.631. The summed E-state index contributed by atoms with van der Waals surface area (Å²) in [6.45, 7) is 0. The van der Waals surface area contributed by atoms with E-state index >= 15 is 0 Å². The van der Waals surface area contributed by atoms with Crippen LogP contribution in [0.4, 0.5) is 17.1 Å². The van der Waals surface area contributed by atoms with E-state index in [9.17, 15) is 0 Å². The van der Waals surface area contributed by atoms with Gasteiger partial charge in [-0.15, -0.1) is 0 Å². The first-order valence-electron chi connectivity index (χ1n) is 21.8. The van der Waals surface area contributed by atoms with Crippen LogP contribution in [0.2, 0.25) is 0 Å². The van der Waals surface area contributed by atoms with Crippen molar-refractivity contribution >= 4 is 28.0 Å². The van der Waals surface area contributed by atoms with E-state index in [1.165, 1.54) is 0 Å². The third kappa shape index (κ3) is 6.30. The zero-order chi connectivity index (χ0) is 43.4. The van der Waals surface area contributed by atoms with Crippen LogP contribution in [0.25, 0.3) is 66.8 Å². The number of hydrogen-bond acceptors (Lipinski definition) is 2. The highest BCUT2D eigenvalue weighted by molar-refractivity contribution is 5.84. The van der Waals surface area contributed by atoms with Gasteiger partial charge in [0.1, 0.15) is 11.3 Å². The van der Waals surface area contributed by atoms with Crippen LogP contribution >= 0.6 is 0 Å². The first kappa shape index (κ1) is 22.0. The largest absolute Gasteiger partial charge is 0.456 e. The molecular formula is C50H35NO. The number of nitrogens with zero attached hydrogens (tertiary/aromatic N) is 1. The fourth-order valence-electron chi connectivity index (χ4n) is 6.42. The maximum Gasteiger partial charge on any atom is 0.135 e. The highest BCUT2D eigenvalue weighted by Gasteiger charge is 2.14. The molecule has 0 spiro atoms. The molecule has 52 heavy (non-hydrogen) atoms. The summed E-state index contributed by atoms with van der Waals surface area (Å²) in [6, 6.07) is 45.2. The monoisotopic (exact) mass is 675 g/mol. The summed E-state index contributed by atoms with van der Waals surface area (Å²) in [4.78, 5) is 1.99. The Balaban J connectivity index is 1.05. The number of benzene rings is 8. The van der Waals surface area contributed by atoms with Gasteiger partial charge in [-0.05, 0) is 99.1 Å². The molecule has 2 nitrogen and oxygen atoms in total. The summed E-state index contributed by atoms with van der Waals surface area (Å²) in [7, 11) is 0. The SMILES string of the molecule is [2H]c1c([2H])c([2H])c(-c2ccc(N(c3ccc(-c4ccc(-c5cccc(-c6cc7ccccc7o6)c5)cc4)cc3)c3ccc(-c4c([2H])c([2H])c([2H])c([2H])c4[2H])cc3)cc2)c([2H])c1[2H]. The van der Waals surface area contributed by atoms with Crippen molar-refractivity contribution in [3.05, 3.63) is 212 Å². The van der Waals surface area contributed by atoms with E-state index < -0.39 is 36.3 Å². The van der Waals surface area contributed by atoms with Crippen LogP contribution < -0.4 is 4.90 Å². The lowest BCUT2D eigenvalue weighted by Crippen LogP contribution is -2.09. The van der Waals surface area contributed by atoms with E-state index in [-0.39, 0.29) is 35.3 Å². The Morgan fingerprint density at radius 2 is 0.769 bits per heavy atom. The quantitative estimate of drug-likeness (QED) is 0.159. The number of para-hydroxylation sites is 1. The predicted molar refractivity (Wildman–Crippen MR) is 218 cm³/mol. The van der Waals surface area contributed by atoms with Crippen molar-refractivity contribution in [1.82, 2.24) is 0 Å². The Bertz CT molecular complexity index is 2960. The van der Waals surface area contributed by atoms with Crippen molar-refractivity contribution in [2.45, 2.75) is 0 Å². The summed E-state index contributed by atoms with van der Waals surface area (Å²) < 4.78 is 88.8. The van der Waals surface area contributed by atoms with Gasteiger partial charge in [0.25, 0.3) is 0 Å². The molecule has 0 saturated heterocycles. The molecule has 0 unspecified atom stereocenters. The van der Waals surface area contributed by atoms with Crippen LogP contribution in [-0.4, -0.2) is 0 Å². The van der Waals surface area contributed by atoms with Crippen LogP contribution in [0.15, 0.2) is 217 Å². The molecule has 9 aromatic rings. The lowest BCUT2D eigenvalue weighted by atomic mass is 9.98. The number of furan rings is 1. The van der Waals surface area contributed by atoms with Gasteiger partial charge >= 0.3 is 0 Å². The third-order valence-electron chi connectivity index (χ3n) is 9.08. The predicted octanol–water partition coefficient (Wildman–Crippen LogP) is 14.2. The maximum atomic E-state index is 8.50. The summed E-state index contributed by atoms with van der Waals surface area (Å²) in [6.07, 6.45) is 0. The van der Waals surface area contributed by atoms with Crippen molar-refractivity contribution in [2.24, 2.45) is 0 Å². The fourth-order valence-corrected chi connectivity index (χ4v) is 6.42. The van der Waals surface area contributed by atoms with E-state index in [1.807, 2.05) is 89.8 Å². The molecule has 0 amide bonds. The number of anilines is 3. The first-order valence-corrected chi connectivity index (χ1v) is 16.8. The van der Waals surface area contributed by atoms with Crippen molar-refractivity contribution < 1.29 is 18.1 Å². The van der Waals surface area contributed by atoms with Crippen molar-refractivity contribution in [1.29, 1.82) is 0 Å². The minimum Gasteiger partial charge on any atom is -0.456 e. The number of fused-ring (bicyclic) bond motifs is 1. The topological polar surface area (TPSA) is 16.4 Å². The summed E-state index contributed by atoms with van der Waals surface area (Å²) in [5.74, 6) is 0.814. The molecule has 0 radical (unpaired) electrons. The Kier molecular flexibility index (Phi) is 5.84. The van der Waals surface area contributed by atoms with Crippen LogP contribution in [0.5, 0.6) is 0 Å². The zero-order valence-electron chi connectivity index (χ0n) is 37.8. The van der Waals surface area contributed by atoms with Crippen molar-refractivity contribution in [3.63, 3.8) is 0 Å². The van der Waals surface area contributed by atoms with Crippen LogP contribution in [0, 0.1) is 0 Å². The second-order valence-electron chi connectivity index (χ2n) is 12.3. The van der Waals surface area contributed by atoms with Gasteiger partial charge in [-0.2, -0.15) is 0 Å². The van der Waals surface area contributed by atoms with Gasteiger partial charge in [0.2, 0.25) is 0 Å². The van der Waals surface area contributed by atoms with Crippen molar-refractivity contribution in [2.75, 3.05) is 4.90 Å². The average molecular weight is 676 g/mol. The van der Waals surface area contributed by atoms with Gasteiger partial charge in [0.05, 0.1) is 13.7 Å². The Hall–Kier alpha value is -6.90. The summed E-state index contributed by atoms with van der Waals surface area (Å²) >= 11 is 0. The smallest absolute Gasteiger partial charge is 0.135 e. The highest BCUT2D eigenvalue weighted by atomic mass is 16.3. The first-order chi connectivity index (χ1) is 29.9. The molecule has 0 N–H and O–H groups in total. The normalized spacial score (nSPS) is 13.8. The van der Waals surface area contributed by atoms with Crippen molar-refractivity contribution in [3.8, 4) is 55.8 Å². The molecule has 9 rings (SSSR count).